The third-order valence-electron chi connectivity index (χ3n) is 1.42. The van der Waals surface area contributed by atoms with Crippen molar-refractivity contribution in [1.29, 1.82) is 0 Å². The molecule has 0 unspecified atom stereocenters. The molecule has 0 aliphatic carbocycles. The maximum atomic E-state index is 12.7. The van der Waals surface area contributed by atoms with Crippen LogP contribution in [0.4, 0.5) is 8.78 Å². The van der Waals surface area contributed by atoms with Crippen molar-refractivity contribution in [3.05, 3.63) is 40.6 Å². The number of hydrazone groups is 1. The Bertz CT molecular complexity index is 406. The van der Waals surface area contributed by atoms with Gasteiger partial charge in [0.05, 0.1) is 6.21 Å². The molecular weight excluding hydrogens is 206 g/mol. The van der Waals surface area contributed by atoms with Gasteiger partial charge in [-0.2, -0.15) is 0 Å². The average Bonchev–Trinajstić information content (AvgIpc) is 2.12. The molecule has 0 saturated carbocycles. The normalized spacial score (nSPS) is 10.5. The fraction of sp³-hybridized carbons (Fsp3) is 0. The maximum Gasteiger partial charge on any atom is 0.366 e. The standard InChI is InChI=1S/C8H8F2N4O/c9-6-1-5(2-7(10)3-6)4-13-14(15)8(11)12/h1-4H,11-12H2. The van der Waals surface area contributed by atoms with E-state index in [1.165, 1.54) is 0 Å². The lowest BCUT2D eigenvalue weighted by molar-refractivity contribution is -0.463. The minimum atomic E-state index is -0.765. The van der Waals surface area contributed by atoms with Crippen LogP contribution in [-0.4, -0.2) is 17.0 Å². The van der Waals surface area contributed by atoms with Gasteiger partial charge >= 0.3 is 5.96 Å². The predicted molar refractivity (Wildman–Crippen MR) is 51.0 cm³/mol. The molecule has 0 radical (unpaired) electrons. The van der Waals surface area contributed by atoms with Crippen molar-refractivity contribution in [3.63, 3.8) is 0 Å². The van der Waals surface area contributed by atoms with Crippen LogP contribution in [0, 0.1) is 16.8 Å². The van der Waals surface area contributed by atoms with Crippen LogP contribution in [0.2, 0.25) is 0 Å². The molecule has 1 rings (SSSR count). The molecule has 0 aliphatic rings. The molecule has 0 heterocycles. The molecular formula is C8H8F2N4O. The Morgan fingerprint density at radius 1 is 1.27 bits per heavy atom. The van der Waals surface area contributed by atoms with E-state index in [0.717, 1.165) is 18.3 Å². The van der Waals surface area contributed by atoms with E-state index in [9.17, 15) is 14.0 Å². The van der Waals surface area contributed by atoms with Gasteiger partial charge in [0.1, 0.15) is 11.6 Å². The number of benzene rings is 1. The van der Waals surface area contributed by atoms with E-state index < -0.39 is 17.6 Å². The number of nitrogens with zero attached hydrogens (tertiary/aromatic N) is 2. The van der Waals surface area contributed by atoms with Gasteiger partial charge in [0.25, 0.3) is 0 Å². The van der Waals surface area contributed by atoms with Crippen molar-refractivity contribution in [1.82, 2.24) is 0 Å². The van der Waals surface area contributed by atoms with E-state index in [4.69, 9.17) is 11.5 Å². The fourth-order valence-corrected chi connectivity index (χ4v) is 0.835. The van der Waals surface area contributed by atoms with Gasteiger partial charge in [-0.1, -0.05) is 0 Å². The van der Waals surface area contributed by atoms with Crippen LogP contribution < -0.4 is 11.5 Å². The second kappa shape index (κ2) is 4.36. The van der Waals surface area contributed by atoms with Crippen LogP contribution >= 0.6 is 0 Å². The summed E-state index contributed by atoms with van der Waals surface area (Å²) < 4.78 is 25.3. The Hall–Kier alpha value is -2.18. The molecule has 0 amide bonds. The maximum absolute atomic E-state index is 12.7. The largest absolute Gasteiger partial charge is 0.722 e. The molecule has 1 aromatic rings. The smallest absolute Gasteiger partial charge is 0.366 e. The summed E-state index contributed by atoms with van der Waals surface area (Å²) in [4.78, 5) is -0.0667. The molecule has 5 nitrogen and oxygen atoms in total. The van der Waals surface area contributed by atoms with Gasteiger partial charge in [0.15, 0.2) is 0 Å². The molecule has 0 fully saturated rings. The lowest BCUT2D eigenvalue weighted by Crippen LogP contribution is -2.30. The van der Waals surface area contributed by atoms with Crippen LogP contribution in [0.3, 0.4) is 0 Å². The van der Waals surface area contributed by atoms with Crippen molar-refractivity contribution in [2.45, 2.75) is 0 Å². The summed E-state index contributed by atoms with van der Waals surface area (Å²) in [5, 5.41) is 13.9. The van der Waals surface area contributed by atoms with Crippen LogP contribution in [0.15, 0.2) is 23.3 Å². The van der Waals surface area contributed by atoms with E-state index in [1.807, 2.05) is 0 Å². The first kappa shape index (κ1) is 10.9. The highest BCUT2D eigenvalue weighted by atomic mass is 19.1. The predicted octanol–water partition coefficient (Wildman–Crippen LogP) is 0.0824. The third kappa shape index (κ3) is 3.22. The van der Waals surface area contributed by atoms with Gasteiger partial charge in [-0.05, 0) is 12.1 Å². The van der Waals surface area contributed by atoms with Crippen molar-refractivity contribution in [3.8, 4) is 0 Å². The summed E-state index contributed by atoms with van der Waals surface area (Å²) in [5.41, 5.74) is 9.90. The molecule has 7 heteroatoms. The number of hydrogen-bond donors (Lipinski definition) is 2. The average molecular weight is 214 g/mol. The van der Waals surface area contributed by atoms with E-state index in [2.05, 4.69) is 5.10 Å². The number of halogens is 2. The molecule has 0 saturated heterocycles. The fourth-order valence-electron chi connectivity index (χ4n) is 0.835. The van der Waals surface area contributed by atoms with E-state index in [-0.39, 0.29) is 10.4 Å². The summed E-state index contributed by atoms with van der Waals surface area (Å²) in [6.45, 7) is 0. The first-order chi connectivity index (χ1) is 6.99. The highest BCUT2D eigenvalue weighted by Crippen LogP contribution is 2.05. The lowest BCUT2D eigenvalue weighted by Gasteiger charge is -2.02. The number of hydrogen-bond acceptors (Lipinski definition) is 2. The van der Waals surface area contributed by atoms with Gasteiger partial charge in [-0.3, -0.25) is 11.5 Å². The molecule has 0 aromatic heterocycles. The molecule has 4 N–H and O–H groups in total. The molecule has 1 aromatic carbocycles. The Morgan fingerprint density at radius 3 is 2.27 bits per heavy atom. The summed E-state index contributed by atoms with van der Waals surface area (Å²) in [7, 11) is 0. The second-order valence-electron chi connectivity index (χ2n) is 2.65. The van der Waals surface area contributed by atoms with Gasteiger partial charge < -0.3 is 5.21 Å². The van der Waals surface area contributed by atoms with E-state index in [0.29, 0.717) is 6.07 Å². The number of nitrogens with two attached hydrogens (primary N) is 2. The molecule has 80 valence electrons. The van der Waals surface area contributed by atoms with E-state index >= 15 is 0 Å². The van der Waals surface area contributed by atoms with Crippen molar-refractivity contribution >= 4 is 12.2 Å². The summed E-state index contributed by atoms with van der Waals surface area (Å²) in [6.07, 6.45) is 0.943. The Balaban J connectivity index is 2.95. The Labute approximate surface area is 83.9 Å². The van der Waals surface area contributed by atoms with Gasteiger partial charge in [-0.25, -0.2) is 8.78 Å². The molecule has 0 spiro atoms. The molecule has 0 bridgehead atoms. The first-order valence-corrected chi connectivity index (χ1v) is 3.84. The second-order valence-corrected chi connectivity index (χ2v) is 2.65. The Kier molecular flexibility index (Phi) is 3.17. The van der Waals surface area contributed by atoms with Crippen LogP contribution in [0.5, 0.6) is 0 Å². The summed E-state index contributed by atoms with van der Waals surface area (Å²) in [6, 6.07) is 2.72. The van der Waals surface area contributed by atoms with Crippen LogP contribution in [0.25, 0.3) is 0 Å². The highest BCUT2D eigenvalue weighted by Gasteiger charge is 1.98. The number of rotatable bonds is 2. The van der Waals surface area contributed by atoms with Crippen molar-refractivity contribution in [2.75, 3.05) is 0 Å². The van der Waals surface area contributed by atoms with Crippen molar-refractivity contribution < 1.29 is 13.6 Å². The van der Waals surface area contributed by atoms with Crippen LogP contribution in [-0.2, 0) is 0 Å². The first-order valence-electron chi connectivity index (χ1n) is 3.84. The monoisotopic (exact) mass is 214 g/mol. The minimum Gasteiger partial charge on any atom is -0.722 e. The molecule has 0 aliphatic heterocycles. The van der Waals surface area contributed by atoms with Gasteiger partial charge in [0.2, 0.25) is 0 Å². The van der Waals surface area contributed by atoms with Gasteiger partial charge in [0, 0.05) is 11.6 Å². The highest BCUT2D eigenvalue weighted by molar-refractivity contribution is 5.79. The topological polar surface area (TPSA) is 90.5 Å². The summed E-state index contributed by atoms with van der Waals surface area (Å²) >= 11 is 0. The Morgan fingerprint density at radius 2 is 1.80 bits per heavy atom. The van der Waals surface area contributed by atoms with E-state index in [1.54, 1.807) is 0 Å². The third-order valence-corrected chi connectivity index (χ3v) is 1.42. The molecule has 0 atom stereocenters. The number of guanidine groups is 1. The zero-order valence-corrected chi connectivity index (χ0v) is 7.52. The summed E-state index contributed by atoms with van der Waals surface area (Å²) in [5.74, 6) is -2.10. The van der Waals surface area contributed by atoms with Crippen molar-refractivity contribution in [2.24, 2.45) is 16.6 Å². The zero-order chi connectivity index (χ0) is 11.4. The molecule has 15 heavy (non-hydrogen) atoms. The SMILES string of the molecule is NC(N)=[N+]([O-])N=Cc1cc(F)cc(F)c1. The van der Waals surface area contributed by atoms with Crippen LogP contribution in [0.1, 0.15) is 5.56 Å². The minimum absolute atomic E-state index is 0.0667. The lowest BCUT2D eigenvalue weighted by atomic mass is 10.2. The zero-order valence-electron chi connectivity index (χ0n) is 7.52. The quantitative estimate of drug-likeness (QED) is 0.240. The van der Waals surface area contributed by atoms with Gasteiger partial charge in [-0.15, -0.1) is 9.95 Å².